The van der Waals surface area contributed by atoms with Gasteiger partial charge >= 0.3 is 5.97 Å². The second-order valence-corrected chi connectivity index (χ2v) is 12.5. The van der Waals surface area contributed by atoms with Crippen molar-refractivity contribution in [3.8, 4) is 16.3 Å². The maximum Gasteiger partial charge on any atom is 0.345 e. The Morgan fingerprint density at radius 3 is 2.41 bits per heavy atom. The number of rotatable bonds is 12. The lowest BCUT2D eigenvalue weighted by Crippen LogP contribution is -2.36. The number of carboxylic acids is 1. The number of carbonyl (C=O) groups excluding carboxylic acids is 1. The number of nitrogens with one attached hydrogen (secondary N) is 3. The van der Waals surface area contributed by atoms with Crippen LogP contribution in [0, 0.1) is 0 Å². The van der Waals surface area contributed by atoms with Crippen LogP contribution in [-0.2, 0) is 23.5 Å². The highest BCUT2D eigenvalue weighted by Gasteiger charge is 2.40. The fourth-order valence-corrected chi connectivity index (χ4v) is 6.40. The lowest BCUT2D eigenvalue weighted by molar-refractivity contribution is -0.155. The third-order valence-corrected chi connectivity index (χ3v) is 9.20. The van der Waals surface area contributed by atoms with Crippen molar-refractivity contribution < 1.29 is 30.0 Å². The predicted octanol–water partition coefficient (Wildman–Crippen LogP) is 4.43. The van der Waals surface area contributed by atoms with Crippen molar-refractivity contribution in [2.45, 2.75) is 24.8 Å². The molecule has 2 aromatic heterocycles. The lowest BCUT2D eigenvalue weighted by Gasteiger charge is -2.24. The largest absolute Gasteiger partial charge is 0.506 e. The highest BCUT2D eigenvalue weighted by atomic mass is 32.1. The number of fused-ring (bicyclic) bond motifs is 1. The van der Waals surface area contributed by atoms with Crippen molar-refractivity contribution in [2.75, 3.05) is 6.54 Å². The van der Waals surface area contributed by atoms with Gasteiger partial charge in [-0.3, -0.25) is 9.59 Å². The minimum Gasteiger partial charge on any atom is -0.506 e. The zero-order valence-electron chi connectivity index (χ0n) is 26.0. The molecule has 12 heteroatoms. The molecule has 0 aliphatic rings. The number of amides is 1. The molecule has 6 rings (SSSR count). The van der Waals surface area contributed by atoms with Crippen molar-refractivity contribution in [3.05, 3.63) is 152 Å². The van der Waals surface area contributed by atoms with Gasteiger partial charge in [0, 0.05) is 52.3 Å². The molecule has 0 fully saturated rings. The number of benzene rings is 4. The molecule has 0 saturated heterocycles. The van der Waals surface area contributed by atoms with Gasteiger partial charge in [0.25, 0.3) is 5.91 Å². The van der Waals surface area contributed by atoms with E-state index >= 15 is 0 Å². The van der Waals surface area contributed by atoms with Gasteiger partial charge in [0.1, 0.15) is 10.8 Å². The summed E-state index contributed by atoms with van der Waals surface area (Å²) >= 11 is 1.35. The number of aliphatic carboxylic acids is 1. The molecular formula is C37H32N4O7S. The molecular weight excluding hydrogens is 644 g/mol. The topological polar surface area (TPSA) is 185 Å². The first kappa shape index (κ1) is 33.2. The van der Waals surface area contributed by atoms with Crippen molar-refractivity contribution in [2.24, 2.45) is 0 Å². The Morgan fingerprint density at radius 2 is 1.65 bits per heavy atom. The van der Waals surface area contributed by atoms with E-state index in [4.69, 9.17) is 0 Å². The van der Waals surface area contributed by atoms with E-state index in [0.717, 1.165) is 10.4 Å². The van der Waals surface area contributed by atoms with E-state index in [1.807, 2.05) is 12.1 Å². The summed E-state index contributed by atoms with van der Waals surface area (Å²) in [6.45, 7) is 0.891. The highest BCUT2D eigenvalue weighted by Crippen LogP contribution is 2.34. The summed E-state index contributed by atoms with van der Waals surface area (Å²) in [4.78, 5) is 44.6. The van der Waals surface area contributed by atoms with Gasteiger partial charge in [-0.05, 0) is 47.0 Å². The van der Waals surface area contributed by atoms with Crippen LogP contribution >= 0.6 is 11.3 Å². The number of pyridine rings is 1. The van der Waals surface area contributed by atoms with Gasteiger partial charge < -0.3 is 36.0 Å². The average molecular weight is 677 g/mol. The van der Waals surface area contributed by atoms with Crippen molar-refractivity contribution in [1.82, 2.24) is 20.6 Å². The van der Waals surface area contributed by atoms with Gasteiger partial charge in [0.2, 0.25) is 11.2 Å². The van der Waals surface area contributed by atoms with Crippen LogP contribution in [0.5, 0.6) is 5.75 Å². The molecule has 49 heavy (non-hydrogen) atoms. The van der Waals surface area contributed by atoms with E-state index in [2.05, 4.69) is 20.6 Å². The third-order valence-electron chi connectivity index (χ3n) is 8.15. The summed E-state index contributed by atoms with van der Waals surface area (Å²) < 4.78 is 0. The molecule has 2 atom stereocenters. The number of phenols is 1. The first-order chi connectivity index (χ1) is 23.6. The molecule has 4 aromatic carbocycles. The second-order valence-electron chi connectivity index (χ2n) is 11.4. The molecule has 7 N–H and O–H groups in total. The number of phenolic OH excluding ortho intramolecular Hbond substituents is 1. The molecule has 1 amide bonds. The van der Waals surface area contributed by atoms with Gasteiger partial charge in [-0.1, -0.05) is 66.7 Å². The molecule has 2 heterocycles. The summed E-state index contributed by atoms with van der Waals surface area (Å²) in [5.74, 6) is -1.73. The van der Waals surface area contributed by atoms with Gasteiger partial charge in [-0.25, -0.2) is 9.78 Å². The molecule has 0 bridgehead atoms. The zero-order valence-corrected chi connectivity index (χ0v) is 26.8. The molecule has 0 aliphatic heterocycles. The van der Waals surface area contributed by atoms with Gasteiger partial charge in [0.05, 0.1) is 18.2 Å². The summed E-state index contributed by atoms with van der Waals surface area (Å²) in [7, 11) is 0. The van der Waals surface area contributed by atoms with E-state index in [0.29, 0.717) is 33.6 Å². The monoisotopic (exact) mass is 676 g/mol. The SMILES string of the molecule is O=C(NCc1cnc(-c2cccc(C(O)(C(=O)O)c3ccccc3)c2)s1)c1ccc(CNCC(O)c2ccc(O)c3[nH]c(=O)ccc23)cc1. The zero-order chi connectivity index (χ0) is 34.5. The normalized spacial score (nSPS) is 13.1. The fraction of sp³-hybridized carbons (Fsp3) is 0.135. The average Bonchev–Trinajstić information content (AvgIpc) is 3.60. The lowest BCUT2D eigenvalue weighted by atomic mass is 9.86. The fourth-order valence-electron chi connectivity index (χ4n) is 5.55. The molecule has 2 unspecified atom stereocenters. The Balaban J connectivity index is 1.03. The number of thiazole rings is 1. The minimum atomic E-state index is -2.23. The van der Waals surface area contributed by atoms with Crippen molar-refractivity contribution in [1.29, 1.82) is 0 Å². The van der Waals surface area contributed by atoms with Crippen LogP contribution in [0.4, 0.5) is 0 Å². The number of aromatic hydroxyl groups is 1. The standard InChI is InChI=1S/C37H32N4O7S/c42-30-15-13-28(29-14-16-32(44)41-33(29)30)31(43)21-38-18-22-9-11-23(12-10-22)34(45)39-19-27-20-40-35(49-27)24-5-4-8-26(17-24)37(48,36(46)47)25-6-2-1-3-7-25/h1-17,20,31,38,42-43,48H,18-19,21H2,(H,39,45)(H,41,44)(H,46,47). The molecule has 0 spiro atoms. The number of aliphatic hydroxyl groups is 2. The number of carbonyl (C=O) groups is 2. The van der Waals surface area contributed by atoms with Gasteiger partial charge in [-0.2, -0.15) is 0 Å². The van der Waals surface area contributed by atoms with Crippen LogP contribution in [0.1, 0.15) is 43.6 Å². The van der Waals surface area contributed by atoms with Crippen LogP contribution in [0.15, 0.2) is 114 Å². The van der Waals surface area contributed by atoms with Crippen LogP contribution in [0.2, 0.25) is 0 Å². The van der Waals surface area contributed by atoms with Crippen molar-refractivity contribution in [3.63, 3.8) is 0 Å². The predicted molar refractivity (Wildman–Crippen MR) is 185 cm³/mol. The van der Waals surface area contributed by atoms with Crippen LogP contribution in [0.25, 0.3) is 21.5 Å². The van der Waals surface area contributed by atoms with Crippen LogP contribution < -0.4 is 16.2 Å². The number of aromatic nitrogens is 2. The Morgan fingerprint density at radius 1 is 0.898 bits per heavy atom. The van der Waals surface area contributed by atoms with Gasteiger partial charge in [-0.15, -0.1) is 11.3 Å². The molecule has 0 radical (unpaired) electrons. The highest BCUT2D eigenvalue weighted by molar-refractivity contribution is 7.15. The minimum absolute atomic E-state index is 0.0726. The van der Waals surface area contributed by atoms with E-state index in [1.165, 1.54) is 23.5 Å². The quantitative estimate of drug-likeness (QED) is 0.0985. The molecule has 248 valence electrons. The Labute approximate surface area is 284 Å². The number of hydrogen-bond acceptors (Lipinski definition) is 9. The maximum atomic E-state index is 12.9. The molecule has 11 nitrogen and oxygen atoms in total. The van der Waals surface area contributed by atoms with Crippen LogP contribution in [0.3, 0.4) is 0 Å². The maximum absolute atomic E-state index is 12.9. The Kier molecular flexibility index (Phi) is 9.65. The first-order valence-electron chi connectivity index (χ1n) is 15.3. The number of aromatic amines is 1. The molecule has 6 aromatic rings. The molecule has 0 aliphatic carbocycles. The van der Waals surface area contributed by atoms with Crippen LogP contribution in [-0.4, -0.2) is 48.8 Å². The summed E-state index contributed by atoms with van der Waals surface area (Å²) in [6.07, 6.45) is 0.759. The first-order valence-corrected chi connectivity index (χ1v) is 16.1. The van der Waals surface area contributed by atoms with Gasteiger partial charge in [0.15, 0.2) is 0 Å². The van der Waals surface area contributed by atoms with E-state index in [9.17, 15) is 34.8 Å². The Hall–Kier alpha value is -5.66. The number of aliphatic hydroxyl groups excluding tert-OH is 1. The number of H-pyrrole nitrogens is 1. The molecule has 0 saturated carbocycles. The third kappa shape index (κ3) is 7.12. The summed E-state index contributed by atoms with van der Waals surface area (Å²) in [5, 5.41) is 49.3. The van der Waals surface area contributed by atoms with E-state index in [-0.39, 0.29) is 46.9 Å². The number of carboxylic acid groups (broad SMARTS) is 1. The summed E-state index contributed by atoms with van der Waals surface area (Å²) in [5.41, 5.74) is 0.718. The Bertz CT molecular complexity index is 2180. The number of hydrogen-bond donors (Lipinski definition) is 7. The van der Waals surface area contributed by atoms with E-state index in [1.54, 1.807) is 85.1 Å². The number of nitrogens with zero attached hydrogens (tertiary/aromatic N) is 1. The van der Waals surface area contributed by atoms with E-state index < -0.39 is 17.7 Å². The van der Waals surface area contributed by atoms with Crippen molar-refractivity contribution >= 4 is 34.1 Å². The smallest absolute Gasteiger partial charge is 0.345 e. The summed E-state index contributed by atoms with van der Waals surface area (Å²) in [6, 6.07) is 27.9. The second kappa shape index (κ2) is 14.2.